The summed E-state index contributed by atoms with van der Waals surface area (Å²) in [6, 6.07) is 7.18. The molecule has 0 heterocycles. The van der Waals surface area contributed by atoms with Crippen LogP contribution in [0.4, 0.5) is 5.69 Å². The number of methoxy groups -OCH3 is 1. The predicted octanol–water partition coefficient (Wildman–Crippen LogP) is 1.56. The van der Waals surface area contributed by atoms with E-state index in [-0.39, 0.29) is 5.91 Å². The standard InChI is InChI=1S/C14H18N2O3/c1-10(9-13(17)19-4)15-14(18)11-5-7-12(8-6-11)16(2)3/h5-9H,1-4H3,(H,15,18)/b10-9-. The van der Waals surface area contributed by atoms with Crippen LogP contribution in [0.5, 0.6) is 0 Å². The molecule has 0 spiro atoms. The first-order chi connectivity index (χ1) is 8.93. The lowest BCUT2D eigenvalue weighted by molar-refractivity contribution is -0.134. The zero-order valence-corrected chi connectivity index (χ0v) is 11.6. The summed E-state index contributed by atoms with van der Waals surface area (Å²) in [4.78, 5) is 24.8. The highest BCUT2D eigenvalue weighted by Crippen LogP contribution is 2.12. The molecule has 5 heteroatoms. The van der Waals surface area contributed by atoms with Crippen LogP contribution in [0, 0.1) is 0 Å². The van der Waals surface area contributed by atoms with E-state index in [1.165, 1.54) is 13.2 Å². The lowest BCUT2D eigenvalue weighted by Crippen LogP contribution is -2.22. The molecule has 1 rings (SSSR count). The smallest absolute Gasteiger partial charge is 0.332 e. The summed E-state index contributed by atoms with van der Waals surface area (Å²) in [5.41, 5.74) is 1.98. The van der Waals surface area contributed by atoms with E-state index in [0.29, 0.717) is 11.3 Å². The van der Waals surface area contributed by atoms with Crippen molar-refractivity contribution in [1.29, 1.82) is 0 Å². The van der Waals surface area contributed by atoms with E-state index in [9.17, 15) is 9.59 Å². The minimum atomic E-state index is -0.499. The van der Waals surface area contributed by atoms with Crippen LogP contribution in [0.25, 0.3) is 0 Å². The van der Waals surface area contributed by atoms with Gasteiger partial charge in [0.15, 0.2) is 0 Å². The van der Waals surface area contributed by atoms with Gasteiger partial charge in [0.1, 0.15) is 0 Å². The van der Waals surface area contributed by atoms with E-state index in [2.05, 4.69) is 10.1 Å². The summed E-state index contributed by atoms with van der Waals surface area (Å²) in [6.07, 6.45) is 1.23. The maximum absolute atomic E-state index is 11.9. The molecule has 0 radical (unpaired) electrons. The van der Waals surface area contributed by atoms with Crippen molar-refractivity contribution in [3.8, 4) is 0 Å². The Morgan fingerprint density at radius 3 is 2.26 bits per heavy atom. The van der Waals surface area contributed by atoms with Crippen LogP contribution >= 0.6 is 0 Å². The third-order valence-corrected chi connectivity index (χ3v) is 2.49. The highest BCUT2D eigenvalue weighted by molar-refractivity contribution is 5.96. The van der Waals surface area contributed by atoms with Crippen molar-refractivity contribution in [1.82, 2.24) is 5.32 Å². The molecule has 0 saturated carbocycles. The second-order valence-electron chi connectivity index (χ2n) is 4.25. The van der Waals surface area contributed by atoms with Crippen molar-refractivity contribution in [2.24, 2.45) is 0 Å². The molecule has 0 aliphatic carbocycles. The molecule has 1 aromatic carbocycles. The fourth-order valence-electron chi connectivity index (χ4n) is 1.43. The second kappa shape index (κ2) is 6.58. The molecule has 0 unspecified atom stereocenters. The van der Waals surface area contributed by atoms with Gasteiger partial charge in [-0.1, -0.05) is 0 Å². The zero-order chi connectivity index (χ0) is 14.4. The molecule has 1 N–H and O–H groups in total. The molecule has 1 amide bonds. The van der Waals surface area contributed by atoms with Crippen LogP contribution in [0.1, 0.15) is 17.3 Å². The number of hydrogen-bond donors (Lipinski definition) is 1. The number of rotatable bonds is 4. The van der Waals surface area contributed by atoms with Crippen LogP contribution < -0.4 is 10.2 Å². The van der Waals surface area contributed by atoms with E-state index >= 15 is 0 Å². The maximum Gasteiger partial charge on any atom is 0.332 e. The summed E-state index contributed by atoms with van der Waals surface area (Å²) >= 11 is 0. The Balaban J connectivity index is 2.73. The number of hydrogen-bond acceptors (Lipinski definition) is 4. The van der Waals surface area contributed by atoms with Gasteiger partial charge < -0.3 is 15.0 Å². The second-order valence-corrected chi connectivity index (χ2v) is 4.25. The molecule has 0 saturated heterocycles. The van der Waals surface area contributed by atoms with Gasteiger partial charge in [0.05, 0.1) is 7.11 Å². The molecule has 1 aromatic rings. The molecule has 0 atom stereocenters. The number of anilines is 1. The molecule has 102 valence electrons. The number of amides is 1. The number of allylic oxidation sites excluding steroid dienone is 1. The average molecular weight is 262 g/mol. The number of carbonyl (C=O) groups excluding carboxylic acids is 2. The number of carbonyl (C=O) groups is 2. The third-order valence-electron chi connectivity index (χ3n) is 2.49. The maximum atomic E-state index is 11.9. The fourth-order valence-corrected chi connectivity index (χ4v) is 1.43. The molecule has 0 aliphatic rings. The van der Waals surface area contributed by atoms with Crippen LogP contribution in [-0.2, 0) is 9.53 Å². The van der Waals surface area contributed by atoms with Gasteiger partial charge in [-0.3, -0.25) is 4.79 Å². The first-order valence-electron chi connectivity index (χ1n) is 5.79. The molecule has 19 heavy (non-hydrogen) atoms. The summed E-state index contributed by atoms with van der Waals surface area (Å²) in [7, 11) is 5.14. The molecule has 0 aliphatic heterocycles. The first-order valence-corrected chi connectivity index (χ1v) is 5.79. The Morgan fingerprint density at radius 1 is 1.21 bits per heavy atom. The van der Waals surface area contributed by atoms with Gasteiger partial charge in [-0.25, -0.2) is 4.79 Å². The van der Waals surface area contributed by atoms with Gasteiger partial charge in [-0.15, -0.1) is 0 Å². The lowest BCUT2D eigenvalue weighted by Gasteiger charge is -2.12. The van der Waals surface area contributed by atoms with Crippen LogP contribution in [0.2, 0.25) is 0 Å². The Bertz CT molecular complexity index is 490. The third kappa shape index (κ3) is 4.46. The summed E-state index contributed by atoms with van der Waals surface area (Å²) in [5, 5.41) is 2.62. The molecular formula is C14H18N2O3. The number of nitrogens with zero attached hydrogens (tertiary/aromatic N) is 1. The fraction of sp³-hybridized carbons (Fsp3) is 0.286. The first kappa shape index (κ1) is 14.8. The van der Waals surface area contributed by atoms with E-state index in [1.807, 2.05) is 31.1 Å². The number of esters is 1. The monoisotopic (exact) mass is 262 g/mol. The molecule has 0 bridgehead atoms. The number of benzene rings is 1. The van der Waals surface area contributed by atoms with Crippen molar-refractivity contribution in [3.05, 3.63) is 41.6 Å². The Kier molecular flexibility index (Phi) is 5.11. The van der Waals surface area contributed by atoms with Crippen molar-refractivity contribution in [2.45, 2.75) is 6.92 Å². The number of ether oxygens (including phenoxy) is 1. The zero-order valence-electron chi connectivity index (χ0n) is 11.6. The van der Waals surface area contributed by atoms with Gasteiger partial charge in [-0.2, -0.15) is 0 Å². The molecule has 0 fully saturated rings. The lowest BCUT2D eigenvalue weighted by atomic mass is 10.2. The summed E-state index contributed by atoms with van der Waals surface area (Å²) < 4.78 is 4.48. The minimum Gasteiger partial charge on any atom is -0.466 e. The predicted molar refractivity (Wildman–Crippen MR) is 74.0 cm³/mol. The highest BCUT2D eigenvalue weighted by Gasteiger charge is 2.07. The van der Waals surface area contributed by atoms with Crippen LogP contribution in [-0.4, -0.2) is 33.1 Å². The SMILES string of the molecule is COC(=O)/C=C(/C)NC(=O)c1ccc(N(C)C)cc1. The summed E-state index contributed by atoms with van der Waals surface area (Å²) in [5.74, 6) is -0.760. The van der Waals surface area contributed by atoms with Gasteiger partial charge in [0.2, 0.25) is 0 Å². The highest BCUT2D eigenvalue weighted by atomic mass is 16.5. The van der Waals surface area contributed by atoms with Crippen LogP contribution in [0.3, 0.4) is 0 Å². The van der Waals surface area contributed by atoms with Crippen LogP contribution in [0.15, 0.2) is 36.0 Å². The molecule has 0 aromatic heterocycles. The van der Waals surface area contributed by atoms with E-state index in [1.54, 1.807) is 19.1 Å². The van der Waals surface area contributed by atoms with E-state index in [4.69, 9.17) is 0 Å². The van der Waals surface area contributed by atoms with E-state index < -0.39 is 5.97 Å². The minimum absolute atomic E-state index is 0.261. The van der Waals surface area contributed by atoms with Gasteiger partial charge in [0, 0.05) is 37.1 Å². The van der Waals surface area contributed by atoms with Gasteiger partial charge >= 0.3 is 5.97 Å². The normalized spacial score (nSPS) is 10.8. The number of nitrogens with one attached hydrogen (secondary N) is 1. The quantitative estimate of drug-likeness (QED) is 0.661. The van der Waals surface area contributed by atoms with E-state index in [0.717, 1.165) is 5.69 Å². The van der Waals surface area contributed by atoms with Crippen molar-refractivity contribution < 1.29 is 14.3 Å². The van der Waals surface area contributed by atoms with Crippen molar-refractivity contribution in [2.75, 3.05) is 26.1 Å². The van der Waals surface area contributed by atoms with Crippen molar-refractivity contribution >= 4 is 17.6 Å². The largest absolute Gasteiger partial charge is 0.466 e. The van der Waals surface area contributed by atoms with Crippen molar-refractivity contribution in [3.63, 3.8) is 0 Å². The van der Waals surface area contributed by atoms with Gasteiger partial charge in [0.25, 0.3) is 5.91 Å². The van der Waals surface area contributed by atoms with Gasteiger partial charge in [-0.05, 0) is 31.2 Å². The Morgan fingerprint density at radius 2 is 1.79 bits per heavy atom. The average Bonchev–Trinajstić information content (AvgIpc) is 2.38. The molecule has 5 nitrogen and oxygen atoms in total. The Hall–Kier alpha value is -2.30. The summed E-state index contributed by atoms with van der Waals surface area (Å²) in [6.45, 7) is 1.63. The Labute approximate surface area is 112 Å². The topological polar surface area (TPSA) is 58.6 Å². The molecular weight excluding hydrogens is 244 g/mol.